The first-order chi connectivity index (χ1) is 13.9. The maximum Gasteiger partial charge on any atom is 0.324 e. The topological polar surface area (TPSA) is 112 Å². The molecule has 7 nitrogen and oxygen atoms in total. The van der Waals surface area contributed by atoms with E-state index in [2.05, 4.69) is 5.32 Å². The molecule has 3 N–H and O–H groups in total. The molecule has 164 valence electrons. The summed E-state index contributed by atoms with van der Waals surface area (Å²) in [6.07, 6.45) is 0.180. The summed E-state index contributed by atoms with van der Waals surface area (Å²) in [5.74, 6) is -6.98. The van der Waals surface area contributed by atoms with E-state index >= 15 is 0 Å². The number of primary amides is 1. The molecule has 0 unspecified atom stereocenters. The summed E-state index contributed by atoms with van der Waals surface area (Å²) in [6, 6.07) is 6.30. The Morgan fingerprint density at radius 2 is 1.77 bits per heavy atom. The second-order valence-corrected chi connectivity index (χ2v) is 7.97. The van der Waals surface area contributed by atoms with Crippen LogP contribution in [0.5, 0.6) is 0 Å². The minimum Gasteiger partial charge on any atom is -0.460 e. The molecular weight excluding hydrogens is 398 g/mol. The molecule has 0 bridgehead atoms. The number of hydrogen-bond donors (Lipinski definition) is 2. The van der Waals surface area contributed by atoms with Gasteiger partial charge in [-0.2, -0.15) is 8.78 Å². The van der Waals surface area contributed by atoms with Crippen LogP contribution in [-0.4, -0.2) is 29.3 Å². The number of halogens is 2. The molecule has 1 aromatic carbocycles. The number of furan rings is 1. The smallest absolute Gasteiger partial charge is 0.324 e. The van der Waals surface area contributed by atoms with E-state index < -0.39 is 41.5 Å². The Morgan fingerprint density at radius 1 is 1.10 bits per heavy atom. The van der Waals surface area contributed by atoms with Gasteiger partial charge < -0.3 is 20.2 Å². The number of carbonyl (C=O) groups excluding carboxylic acids is 3. The second-order valence-electron chi connectivity index (χ2n) is 7.97. The molecule has 0 aliphatic carbocycles. The maximum atomic E-state index is 14.3. The number of nitrogens with one attached hydrogen (secondary N) is 1. The molecule has 0 radical (unpaired) electrons. The van der Waals surface area contributed by atoms with E-state index in [-0.39, 0.29) is 24.1 Å². The molecule has 0 aliphatic rings. The molecule has 0 saturated carbocycles. The number of nitrogens with two attached hydrogens (primary N) is 1. The maximum absolute atomic E-state index is 14.3. The van der Waals surface area contributed by atoms with Crippen molar-refractivity contribution in [1.29, 1.82) is 0 Å². The zero-order chi connectivity index (χ0) is 22.5. The van der Waals surface area contributed by atoms with Gasteiger partial charge in [-0.3, -0.25) is 14.4 Å². The van der Waals surface area contributed by atoms with Gasteiger partial charge in [0.05, 0.1) is 0 Å². The fourth-order valence-electron chi connectivity index (χ4n) is 2.85. The number of alkyl halides is 2. The van der Waals surface area contributed by atoms with Gasteiger partial charge >= 0.3 is 11.9 Å². The lowest BCUT2D eigenvalue weighted by atomic mass is 10.1. The molecule has 1 aromatic heterocycles. The van der Waals surface area contributed by atoms with E-state index in [1.807, 2.05) is 0 Å². The fraction of sp³-hybridized carbons (Fsp3) is 0.476. The Balaban J connectivity index is 1.92. The van der Waals surface area contributed by atoms with Crippen molar-refractivity contribution in [3.8, 4) is 0 Å². The first-order valence-electron chi connectivity index (χ1n) is 9.63. The van der Waals surface area contributed by atoms with Crippen molar-refractivity contribution < 1.29 is 32.3 Å². The number of rotatable bonds is 9. The summed E-state index contributed by atoms with van der Waals surface area (Å²) < 4.78 is 39.0. The average Bonchev–Trinajstić information content (AvgIpc) is 2.99. The van der Waals surface area contributed by atoms with E-state index in [1.54, 1.807) is 32.9 Å². The normalized spacial score (nSPS) is 12.0. The minimum absolute atomic E-state index is 0.0397. The van der Waals surface area contributed by atoms with Gasteiger partial charge in [-0.05, 0) is 45.7 Å². The summed E-state index contributed by atoms with van der Waals surface area (Å²) >= 11 is 0. The van der Waals surface area contributed by atoms with E-state index in [0.29, 0.717) is 18.2 Å². The van der Waals surface area contributed by atoms with Gasteiger partial charge in [0.15, 0.2) is 0 Å². The molecule has 2 rings (SSSR count). The zero-order valence-electron chi connectivity index (χ0n) is 17.2. The highest BCUT2D eigenvalue weighted by Crippen LogP contribution is 2.32. The number of carbonyl (C=O) groups is 3. The van der Waals surface area contributed by atoms with Crippen molar-refractivity contribution in [2.45, 2.75) is 64.4 Å². The molecule has 0 spiro atoms. The van der Waals surface area contributed by atoms with Crippen molar-refractivity contribution >= 4 is 34.4 Å². The molecule has 1 heterocycles. The van der Waals surface area contributed by atoms with Gasteiger partial charge in [-0.15, -0.1) is 0 Å². The van der Waals surface area contributed by atoms with Crippen LogP contribution in [0.3, 0.4) is 0 Å². The minimum atomic E-state index is -3.67. The molecule has 9 heteroatoms. The number of unbranched alkanes of at least 4 members (excludes halogenated alkanes) is 2. The van der Waals surface area contributed by atoms with Crippen LogP contribution in [0.1, 0.15) is 63.4 Å². The predicted molar refractivity (Wildman–Crippen MR) is 107 cm³/mol. The zero-order valence-corrected chi connectivity index (χ0v) is 17.2. The van der Waals surface area contributed by atoms with Gasteiger partial charge in [0, 0.05) is 18.2 Å². The summed E-state index contributed by atoms with van der Waals surface area (Å²) in [4.78, 5) is 35.3. The Morgan fingerprint density at radius 3 is 2.40 bits per heavy atom. The lowest BCUT2D eigenvalue weighted by molar-refractivity contribution is -0.155. The van der Waals surface area contributed by atoms with E-state index in [1.165, 1.54) is 12.1 Å². The fourth-order valence-corrected chi connectivity index (χ4v) is 2.85. The highest BCUT2D eigenvalue weighted by atomic mass is 19.3. The molecule has 2 aromatic rings. The quantitative estimate of drug-likeness (QED) is 0.458. The molecule has 30 heavy (non-hydrogen) atoms. The molecular formula is C21H26F2N2O5. The third-order valence-corrected chi connectivity index (χ3v) is 4.18. The van der Waals surface area contributed by atoms with E-state index in [4.69, 9.17) is 14.9 Å². The van der Waals surface area contributed by atoms with Crippen LogP contribution >= 0.6 is 0 Å². The van der Waals surface area contributed by atoms with Crippen molar-refractivity contribution in [2.75, 3.05) is 5.32 Å². The van der Waals surface area contributed by atoms with E-state index in [9.17, 15) is 23.2 Å². The monoisotopic (exact) mass is 424 g/mol. The van der Waals surface area contributed by atoms with Crippen LogP contribution < -0.4 is 11.1 Å². The van der Waals surface area contributed by atoms with Crippen LogP contribution in [0.4, 0.5) is 14.5 Å². The van der Waals surface area contributed by atoms with Crippen molar-refractivity contribution in [1.82, 2.24) is 0 Å². The summed E-state index contributed by atoms with van der Waals surface area (Å²) in [7, 11) is 0. The summed E-state index contributed by atoms with van der Waals surface area (Å²) in [5.41, 5.74) is 4.71. The molecule has 0 saturated heterocycles. The van der Waals surface area contributed by atoms with Crippen LogP contribution in [0.15, 0.2) is 28.7 Å². The molecule has 0 fully saturated rings. The van der Waals surface area contributed by atoms with Crippen molar-refractivity contribution in [2.24, 2.45) is 5.73 Å². The first kappa shape index (κ1) is 23.3. The van der Waals surface area contributed by atoms with Crippen LogP contribution in [-0.2, 0) is 14.3 Å². The van der Waals surface area contributed by atoms with Crippen LogP contribution in [0.2, 0.25) is 0 Å². The summed E-state index contributed by atoms with van der Waals surface area (Å²) in [5, 5.41) is 2.38. The molecule has 0 aliphatic heterocycles. The number of fused-ring (bicyclic) bond motifs is 1. The SMILES string of the molecule is CC(C)(C)OC(=O)CCCCCC(F)(F)C(=O)Nc1c(C(N)=O)oc2ccccc12. The Kier molecular flexibility index (Phi) is 7.17. The Hall–Kier alpha value is -2.97. The van der Waals surface area contributed by atoms with Crippen molar-refractivity contribution in [3.63, 3.8) is 0 Å². The van der Waals surface area contributed by atoms with Gasteiger partial charge in [0.25, 0.3) is 11.8 Å². The second kappa shape index (κ2) is 9.23. The average molecular weight is 424 g/mol. The Bertz CT molecular complexity index is 931. The number of hydrogen-bond acceptors (Lipinski definition) is 5. The lowest BCUT2D eigenvalue weighted by Crippen LogP contribution is -2.35. The Labute approximate surface area is 172 Å². The van der Waals surface area contributed by atoms with Crippen LogP contribution in [0.25, 0.3) is 11.0 Å². The third-order valence-electron chi connectivity index (χ3n) is 4.18. The van der Waals surface area contributed by atoms with Gasteiger partial charge in [0.2, 0.25) is 5.76 Å². The van der Waals surface area contributed by atoms with Gasteiger partial charge in [-0.1, -0.05) is 18.6 Å². The number of anilines is 1. The highest BCUT2D eigenvalue weighted by molar-refractivity contribution is 6.11. The molecule has 2 amide bonds. The van der Waals surface area contributed by atoms with E-state index in [0.717, 1.165) is 0 Å². The predicted octanol–water partition coefficient (Wildman–Crippen LogP) is 4.40. The van der Waals surface area contributed by atoms with Crippen molar-refractivity contribution in [3.05, 3.63) is 30.0 Å². The number of para-hydroxylation sites is 1. The lowest BCUT2D eigenvalue weighted by Gasteiger charge is -2.19. The number of benzene rings is 1. The standard InChI is InChI=1S/C21H26F2N2O5/c1-20(2,3)30-15(26)11-5-4-8-12-21(22,23)19(28)25-16-13-9-6-7-10-14(13)29-17(16)18(24)27/h6-7,9-10H,4-5,8,11-12H2,1-3H3,(H2,24,27)(H,25,28). The van der Waals surface area contributed by atoms with Crippen LogP contribution in [0, 0.1) is 0 Å². The largest absolute Gasteiger partial charge is 0.460 e. The van der Waals surface area contributed by atoms with Gasteiger partial charge in [-0.25, -0.2) is 0 Å². The third kappa shape index (κ3) is 6.27. The summed E-state index contributed by atoms with van der Waals surface area (Å²) in [6.45, 7) is 5.24. The molecule has 0 atom stereocenters. The number of esters is 1. The first-order valence-corrected chi connectivity index (χ1v) is 9.63. The van der Waals surface area contributed by atoms with Gasteiger partial charge in [0.1, 0.15) is 16.9 Å². The number of amides is 2. The highest BCUT2D eigenvalue weighted by Gasteiger charge is 2.39. The number of ether oxygens (including phenoxy) is 1.